The predicted octanol–water partition coefficient (Wildman–Crippen LogP) is 1.53. The van der Waals surface area contributed by atoms with Crippen LogP contribution in [0.3, 0.4) is 0 Å². The molecule has 1 saturated heterocycles. The Bertz CT molecular complexity index is 686. The highest BCUT2D eigenvalue weighted by atomic mass is 19.1. The zero-order valence-corrected chi connectivity index (χ0v) is 12.0. The van der Waals surface area contributed by atoms with Crippen molar-refractivity contribution in [1.29, 1.82) is 0 Å². The van der Waals surface area contributed by atoms with Crippen LogP contribution in [-0.2, 0) is 0 Å². The van der Waals surface area contributed by atoms with Crippen molar-refractivity contribution in [1.82, 2.24) is 15.3 Å². The van der Waals surface area contributed by atoms with E-state index in [9.17, 15) is 9.18 Å². The van der Waals surface area contributed by atoms with Gasteiger partial charge in [0.1, 0.15) is 29.2 Å². The molecule has 0 saturated carbocycles. The van der Waals surface area contributed by atoms with Gasteiger partial charge in [0.05, 0.1) is 6.20 Å². The number of nitrogens with one attached hydrogen (secondary N) is 2. The summed E-state index contributed by atoms with van der Waals surface area (Å²) in [4.78, 5) is 20.2. The van der Waals surface area contributed by atoms with Crippen molar-refractivity contribution in [2.45, 2.75) is 13.0 Å². The van der Waals surface area contributed by atoms with E-state index in [4.69, 9.17) is 4.74 Å². The third-order valence-corrected chi connectivity index (χ3v) is 3.18. The third kappa shape index (κ3) is 3.37. The summed E-state index contributed by atoms with van der Waals surface area (Å²) in [6.07, 6.45) is 1.16. The fourth-order valence-corrected chi connectivity index (χ4v) is 1.99. The number of halogens is 1. The van der Waals surface area contributed by atoms with Gasteiger partial charge in [-0.05, 0) is 19.1 Å². The van der Waals surface area contributed by atoms with E-state index >= 15 is 0 Å². The Morgan fingerprint density at radius 3 is 2.86 bits per heavy atom. The van der Waals surface area contributed by atoms with Crippen LogP contribution < -0.4 is 15.4 Å². The number of pyridine rings is 2. The van der Waals surface area contributed by atoms with Crippen LogP contribution >= 0.6 is 0 Å². The molecule has 0 bridgehead atoms. The van der Waals surface area contributed by atoms with E-state index in [1.165, 1.54) is 12.1 Å². The molecule has 0 spiro atoms. The zero-order valence-electron chi connectivity index (χ0n) is 12.0. The highest BCUT2D eigenvalue weighted by molar-refractivity contribution is 6.02. The lowest BCUT2D eigenvalue weighted by Crippen LogP contribution is -2.50. The molecule has 2 N–H and O–H groups in total. The summed E-state index contributed by atoms with van der Waals surface area (Å²) in [6.45, 7) is 3.38. The monoisotopic (exact) mass is 302 g/mol. The van der Waals surface area contributed by atoms with Crippen LogP contribution in [0.2, 0.25) is 0 Å². The number of amides is 1. The average Bonchev–Trinajstić information content (AvgIpc) is 2.45. The molecule has 3 rings (SSSR count). The van der Waals surface area contributed by atoms with Crippen molar-refractivity contribution in [2.24, 2.45) is 0 Å². The van der Waals surface area contributed by atoms with Gasteiger partial charge < -0.3 is 15.4 Å². The second-order valence-corrected chi connectivity index (χ2v) is 5.04. The summed E-state index contributed by atoms with van der Waals surface area (Å²) in [5.41, 5.74) is 0.912. The smallest absolute Gasteiger partial charge is 0.275 e. The average molecular weight is 302 g/mol. The molecule has 0 aromatic carbocycles. The quantitative estimate of drug-likeness (QED) is 0.895. The first-order valence-electron chi connectivity index (χ1n) is 6.89. The molecule has 1 amide bonds. The Morgan fingerprint density at radius 2 is 2.23 bits per heavy atom. The first kappa shape index (κ1) is 14.4. The summed E-state index contributed by atoms with van der Waals surface area (Å²) in [5.74, 6) is -0.00699. The Balaban J connectivity index is 1.74. The molecule has 22 heavy (non-hydrogen) atoms. The molecule has 1 aliphatic heterocycles. The van der Waals surface area contributed by atoms with Crippen LogP contribution in [0, 0.1) is 12.7 Å². The van der Waals surface area contributed by atoms with Crippen LogP contribution in [-0.4, -0.2) is 35.1 Å². The lowest BCUT2D eigenvalue weighted by Gasteiger charge is -2.28. The number of rotatable bonds is 4. The fraction of sp³-hybridized carbons (Fsp3) is 0.267. The van der Waals surface area contributed by atoms with Gasteiger partial charge in [0.15, 0.2) is 0 Å². The minimum absolute atomic E-state index is 0.122. The minimum atomic E-state index is -0.462. The van der Waals surface area contributed by atoms with Gasteiger partial charge in [0.25, 0.3) is 5.91 Å². The standard InChI is InChI=1S/C15H15FN4O2/c1-9-4-11(22-12-7-17-8-12)5-13(19-9)15(21)20-14-3-2-10(16)6-18-14/h2-6,12,17H,7-8H2,1H3,(H,18,20,21). The van der Waals surface area contributed by atoms with Gasteiger partial charge >= 0.3 is 0 Å². The summed E-state index contributed by atoms with van der Waals surface area (Å²) in [5, 5.41) is 5.69. The van der Waals surface area contributed by atoms with E-state index in [2.05, 4.69) is 20.6 Å². The van der Waals surface area contributed by atoms with Crippen LogP contribution in [0.5, 0.6) is 5.75 Å². The lowest BCUT2D eigenvalue weighted by atomic mass is 10.2. The summed E-state index contributed by atoms with van der Waals surface area (Å²) in [7, 11) is 0. The molecule has 6 nitrogen and oxygen atoms in total. The van der Waals surface area contributed by atoms with E-state index in [1.54, 1.807) is 19.1 Å². The number of ether oxygens (including phenoxy) is 1. The van der Waals surface area contributed by atoms with Crippen LogP contribution in [0.4, 0.5) is 10.2 Å². The Hall–Kier alpha value is -2.54. The maximum Gasteiger partial charge on any atom is 0.275 e. The van der Waals surface area contributed by atoms with Gasteiger partial charge in [0.2, 0.25) is 0 Å². The lowest BCUT2D eigenvalue weighted by molar-refractivity contribution is 0.101. The van der Waals surface area contributed by atoms with Gasteiger partial charge in [-0.25, -0.2) is 14.4 Å². The number of anilines is 1. The molecule has 114 valence electrons. The molecule has 2 aromatic heterocycles. The highest BCUT2D eigenvalue weighted by Crippen LogP contribution is 2.17. The van der Waals surface area contributed by atoms with Crippen LogP contribution in [0.25, 0.3) is 0 Å². The van der Waals surface area contributed by atoms with Gasteiger partial charge in [-0.15, -0.1) is 0 Å². The maximum atomic E-state index is 12.8. The van der Waals surface area contributed by atoms with Crippen molar-refractivity contribution in [3.63, 3.8) is 0 Å². The molecule has 3 heterocycles. The number of hydrogen-bond acceptors (Lipinski definition) is 5. The largest absolute Gasteiger partial charge is 0.488 e. The Labute approximate surface area is 126 Å². The van der Waals surface area contributed by atoms with Crippen LogP contribution in [0.15, 0.2) is 30.5 Å². The maximum absolute atomic E-state index is 12.8. The third-order valence-electron chi connectivity index (χ3n) is 3.18. The molecule has 0 atom stereocenters. The summed E-state index contributed by atoms with van der Waals surface area (Å²) < 4.78 is 18.5. The van der Waals surface area contributed by atoms with E-state index in [0.717, 1.165) is 19.3 Å². The number of hydrogen-bond donors (Lipinski definition) is 2. The predicted molar refractivity (Wildman–Crippen MR) is 78.4 cm³/mol. The zero-order chi connectivity index (χ0) is 15.5. The molecule has 7 heteroatoms. The first-order chi connectivity index (χ1) is 10.6. The van der Waals surface area contributed by atoms with E-state index in [0.29, 0.717) is 11.4 Å². The molecule has 1 fully saturated rings. The number of carbonyl (C=O) groups is 1. The Kier molecular flexibility index (Phi) is 3.97. The number of aromatic nitrogens is 2. The van der Waals surface area contributed by atoms with E-state index in [1.807, 2.05) is 0 Å². The number of aryl methyl sites for hydroxylation is 1. The SMILES string of the molecule is Cc1cc(OC2CNC2)cc(C(=O)Nc2ccc(F)cn2)n1. The van der Waals surface area contributed by atoms with Crippen molar-refractivity contribution in [3.05, 3.63) is 47.7 Å². The minimum Gasteiger partial charge on any atom is -0.488 e. The van der Waals surface area contributed by atoms with Gasteiger partial charge in [-0.2, -0.15) is 0 Å². The summed E-state index contributed by atoms with van der Waals surface area (Å²) >= 11 is 0. The van der Waals surface area contributed by atoms with Gasteiger partial charge in [0, 0.05) is 30.9 Å². The van der Waals surface area contributed by atoms with Crippen molar-refractivity contribution in [3.8, 4) is 5.75 Å². The van der Waals surface area contributed by atoms with E-state index in [-0.39, 0.29) is 17.6 Å². The molecule has 0 radical (unpaired) electrons. The van der Waals surface area contributed by atoms with Crippen molar-refractivity contribution in [2.75, 3.05) is 18.4 Å². The Morgan fingerprint density at radius 1 is 1.41 bits per heavy atom. The fourth-order valence-electron chi connectivity index (χ4n) is 1.99. The van der Waals surface area contributed by atoms with E-state index < -0.39 is 11.7 Å². The summed E-state index contributed by atoms with van der Waals surface area (Å²) in [6, 6.07) is 5.99. The first-order valence-corrected chi connectivity index (χ1v) is 6.89. The topological polar surface area (TPSA) is 76.1 Å². The number of nitrogens with zero attached hydrogens (tertiary/aromatic N) is 2. The van der Waals surface area contributed by atoms with Crippen LogP contribution in [0.1, 0.15) is 16.2 Å². The number of carbonyl (C=O) groups excluding carboxylic acids is 1. The molecular formula is C15H15FN4O2. The van der Waals surface area contributed by atoms with Gasteiger partial charge in [-0.3, -0.25) is 4.79 Å². The molecule has 0 unspecified atom stereocenters. The second-order valence-electron chi connectivity index (χ2n) is 5.04. The second kappa shape index (κ2) is 6.07. The van der Waals surface area contributed by atoms with Crippen molar-refractivity contribution >= 4 is 11.7 Å². The molecular weight excluding hydrogens is 287 g/mol. The highest BCUT2D eigenvalue weighted by Gasteiger charge is 2.19. The van der Waals surface area contributed by atoms with Gasteiger partial charge in [-0.1, -0.05) is 0 Å². The molecule has 0 aliphatic carbocycles. The normalized spacial score (nSPS) is 14.3. The molecule has 2 aromatic rings. The van der Waals surface area contributed by atoms with Crippen molar-refractivity contribution < 1.29 is 13.9 Å². The molecule has 1 aliphatic rings.